The molecule has 1 unspecified atom stereocenters. The molecule has 0 aliphatic carbocycles. The van der Waals surface area contributed by atoms with Crippen LogP contribution in [0.5, 0.6) is 0 Å². The molecule has 5 heteroatoms. The predicted octanol–water partition coefficient (Wildman–Crippen LogP) is 2.74. The zero-order valence-corrected chi connectivity index (χ0v) is 12.0. The smallest absolute Gasteiger partial charge is 0.220 e. The second-order valence-corrected chi connectivity index (χ2v) is 4.76. The molecule has 1 heterocycles. The minimum absolute atomic E-state index is 0.265. The van der Waals surface area contributed by atoms with Crippen molar-refractivity contribution in [1.82, 2.24) is 10.1 Å². The normalized spacial score (nSPS) is 20.4. The molecular weight excluding hydrogens is 236 g/mol. The Hall–Kier alpha value is -0.390. The second kappa shape index (κ2) is 7.84. The summed E-state index contributed by atoms with van der Waals surface area (Å²) in [5, 5.41) is 4.24. The molecule has 1 atom stereocenters. The Bertz CT molecular complexity index is 239. The predicted molar refractivity (Wildman–Crippen MR) is 72.3 cm³/mol. The first-order valence-electron chi connectivity index (χ1n) is 6.57. The highest BCUT2D eigenvalue weighted by molar-refractivity contribution is 7.80. The van der Waals surface area contributed by atoms with Gasteiger partial charge >= 0.3 is 0 Å². The SMILES string of the molecule is CCCCON1CC(C)N(OCCCC)C1=S. The highest BCUT2D eigenvalue weighted by atomic mass is 32.1. The average Bonchev–Trinajstić information content (AvgIpc) is 2.57. The van der Waals surface area contributed by atoms with Crippen LogP contribution in [0, 0.1) is 0 Å². The first-order chi connectivity index (χ1) is 8.20. The second-order valence-electron chi connectivity index (χ2n) is 4.39. The monoisotopic (exact) mass is 260 g/mol. The van der Waals surface area contributed by atoms with E-state index in [0.29, 0.717) is 5.11 Å². The summed E-state index contributed by atoms with van der Waals surface area (Å²) in [5.41, 5.74) is 0. The molecule has 100 valence electrons. The summed E-state index contributed by atoms with van der Waals surface area (Å²) in [6, 6.07) is 0.265. The van der Waals surface area contributed by atoms with Crippen molar-refractivity contribution in [3.63, 3.8) is 0 Å². The lowest BCUT2D eigenvalue weighted by Gasteiger charge is -2.22. The van der Waals surface area contributed by atoms with Gasteiger partial charge in [-0.15, -0.1) is 0 Å². The Balaban J connectivity index is 2.33. The topological polar surface area (TPSA) is 24.9 Å². The number of nitrogens with zero attached hydrogens (tertiary/aromatic N) is 2. The minimum Gasteiger partial charge on any atom is -0.271 e. The van der Waals surface area contributed by atoms with Crippen molar-refractivity contribution >= 4 is 17.3 Å². The van der Waals surface area contributed by atoms with Gasteiger partial charge in [-0.2, -0.15) is 0 Å². The van der Waals surface area contributed by atoms with E-state index in [2.05, 4.69) is 20.8 Å². The lowest BCUT2D eigenvalue weighted by atomic mass is 10.3. The summed E-state index contributed by atoms with van der Waals surface area (Å²) >= 11 is 5.34. The van der Waals surface area contributed by atoms with Crippen LogP contribution in [0.15, 0.2) is 0 Å². The molecule has 1 aliphatic heterocycles. The highest BCUT2D eigenvalue weighted by Crippen LogP contribution is 2.17. The Morgan fingerprint density at radius 2 is 1.76 bits per heavy atom. The molecule has 0 aromatic carbocycles. The van der Waals surface area contributed by atoms with Gasteiger partial charge in [0, 0.05) is 0 Å². The van der Waals surface area contributed by atoms with Crippen LogP contribution >= 0.6 is 12.2 Å². The molecule has 1 aliphatic rings. The van der Waals surface area contributed by atoms with Crippen molar-refractivity contribution in [1.29, 1.82) is 0 Å². The van der Waals surface area contributed by atoms with Crippen LogP contribution in [-0.2, 0) is 9.68 Å². The van der Waals surface area contributed by atoms with Crippen LogP contribution in [0.1, 0.15) is 46.5 Å². The van der Waals surface area contributed by atoms with Crippen molar-refractivity contribution in [3.8, 4) is 0 Å². The summed E-state index contributed by atoms with van der Waals surface area (Å²) in [5.74, 6) is 0. The fraction of sp³-hybridized carbons (Fsp3) is 0.917. The van der Waals surface area contributed by atoms with E-state index < -0.39 is 0 Å². The maximum atomic E-state index is 5.67. The number of unbranched alkanes of at least 4 members (excludes halogenated alkanes) is 2. The number of hydrogen-bond acceptors (Lipinski definition) is 3. The van der Waals surface area contributed by atoms with E-state index in [1.54, 1.807) is 10.1 Å². The molecular formula is C12H24N2O2S. The third-order valence-electron chi connectivity index (χ3n) is 2.71. The first kappa shape index (κ1) is 14.7. The van der Waals surface area contributed by atoms with Crippen molar-refractivity contribution in [2.45, 2.75) is 52.5 Å². The molecule has 0 radical (unpaired) electrons. The van der Waals surface area contributed by atoms with E-state index in [0.717, 1.165) is 45.4 Å². The van der Waals surface area contributed by atoms with Gasteiger partial charge in [0.25, 0.3) is 0 Å². The van der Waals surface area contributed by atoms with E-state index in [4.69, 9.17) is 21.9 Å². The largest absolute Gasteiger partial charge is 0.271 e. The number of thiocarbonyl (C=S) groups is 1. The van der Waals surface area contributed by atoms with Gasteiger partial charge in [-0.25, -0.2) is 10.1 Å². The standard InChI is InChI=1S/C12H24N2O2S/c1-4-6-8-15-13-10-11(3)14(12(13)17)16-9-7-5-2/h11H,4-10H2,1-3H3. The van der Waals surface area contributed by atoms with Crippen molar-refractivity contribution in [3.05, 3.63) is 0 Å². The van der Waals surface area contributed by atoms with Crippen molar-refractivity contribution in [2.75, 3.05) is 19.8 Å². The highest BCUT2D eigenvalue weighted by Gasteiger charge is 2.33. The Morgan fingerprint density at radius 1 is 1.18 bits per heavy atom. The van der Waals surface area contributed by atoms with Gasteiger partial charge in [-0.1, -0.05) is 26.7 Å². The first-order valence-corrected chi connectivity index (χ1v) is 6.98. The third kappa shape index (κ3) is 4.41. The Morgan fingerprint density at radius 3 is 2.35 bits per heavy atom. The van der Waals surface area contributed by atoms with Gasteiger partial charge in [0.15, 0.2) is 0 Å². The van der Waals surface area contributed by atoms with Crippen LogP contribution in [-0.4, -0.2) is 41.0 Å². The van der Waals surface area contributed by atoms with Crippen LogP contribution in [0.3, 0.4) is 0 Å². The Kier molecular flexibility index (Phi) is 6.77. The zero-order chi connectivity index (χ0) is 12.7. The fourth-order valence-electron chi connectivity index (χ4n) is 1.61. The summed E-state index contributed by atoms with van der Waals surface area (Å²) in [6.07, 6.45) is 4.38. The van der Waals surface area contributed by atoms with E-state index >= 15 is 0 Å². The van der Waals surface area contributed by atoms with Gasteiger partial charge in [-0.05, 0) is 32.0 Å². The lowest BCUT2D eigenvalue weighted by molar-refractivity contribution is -0.116. The molecule has 1 fully saturated rings. The molecule has 1 saturated heterocycles. The van der Waals surface area contributed by atoms with Crippen LogP contribution in [0.2, 0.25) is 0 Å². The molecule has 0 aromatic rings. The minimum atomic E-state index is 0.265. The maximum Gasteiger partial charge on any atom is 0.220 e. The van der Waals surface area contributed by atoms with Gasteiger partial charge in [0.05, 0.1) is 25.8 Å². The quantitative estimate of drug-likeness (QED) is 0.493. The van der Waals surface area contributed by atoms with Crippen molar-refractivity contribution in [2.24, 2.45) is 0 Å². The van der Waals surface area contributed by atoms with Gasteiger partial charge < -0.3 is 0 Å². The Labute approximate surface area is 110 Å². The van der Waals surface area contributed by atoms with Crippen molar-refractivity contribution < 1.29 is 9.68 Å². The molecule has 0 spiro atoms. The van der Waals surface area contributed by atoms with Crippen LogP contribution in [0.4, 0.5) is 0 Å². The summed E-state index contributed by atoms with van der Waals surface area (Å²) < 4.78 is 0. The van der Waals surface area contributed by atoms with E-state index in [9.17, 15) is 0 Å². The number of rotatable bonds is 8. The summed E-state index contributed by atoms with van der Waals surface area (Å²) in [4.78, 5) is 11.3. The third-order valence-corrected chi connectivity index (χ3v) is 3.09. The molecule has 0 saturated carbocycles. The molecule has 1 rings (SSSR count). The molecule has 0 amide bonds. The molecule has 4 nitrogen and oxygen atoms in total. The molecule has 17 heavy (non-hydrogen) atoms. The van der Waals surface area contributed by atoms with Gasteiger partial charge in [-0.3, -0.25) is 9.68 Å². The van der Waals surface area contributed by atoms with Crippen LogP contribution < -0.4 is 0 Å². The summed E-state index contributed by atoms with van der Waals surface area (Å²) in [6.45, 7) is 8.63. The number of hydroxylamine groups is 4. The fourth-order valence-corrected chi connectivity index (χ4v) is 1.97. The van der Waals surface area contributed by atoms with Gasteiger partial charge in [0.1, 0.15) is 0 Å². The summed E-state index contributed by atoms with van der Waals surface area (Å²) in [7, 11) is 0. The molecule has 0 aromatic heterocycles. The molecule has 0 bridgehead atoms. The lowest BCUT2D eigenvalue weighted by Crippen LogP contribution is -2.34. The van der Waals surface area contributed by atoms with Gasteiger partial charge in [0.2, 0.25) is 5.11 Å². The number of hydrogen-bond donors (Lipinski definition) is 0. The van der Waals surface area contributed by atoms with E-state index in [-0.39, 0.29) is 6.04 Å². The van der Waals surface area contributed by atoms with Crippen LogP contribution in [0.25, 0.3) is 0 Å². The van der Waals surface area contributed by atoms with E-state index in [1.165, 1.54) is 0 Å². The average molecular weight is 260 g/mol. The van der Waals surface area contributed by atoms with E-state index in [1.807, 2.05) is 0 Å². The molecule has 0 N–H and O–H groups in total. The zero-order valence-electron chi connectivity index (χ0n) is 11.1. The maximum absolute atomic E-state index is 5.67.